The Kier molecular flexibility index (Phi) is 6.59. The third-order valence-corrected chi connectivity index (χ3v) is 7.60. The summed E-state index contributed by atoms with van der Waals surface area (Å²) in [6.45, 7) is 9.46. The second-order valence-electron chi connectivity index (χ2n) is 9.73. The smallest absolute Gasteiger partial charge is 0.253 e. The molecule has 0 radical (unpaired) electrons. The Bertz CT molecular complexity index is 1460. The van der Waals surface area contributed by atoms with Gasteiger partial charge in [0.05, 0.1) is 18.3 Å². The number of aromatic nitrogens is 5. The van der Waals surface area contributed by atoms with Gasteiger partial charge in [0.15, 0.2) is 5.82 Å². The fourth-order valence-corrected chi connectivity index (χ4v) is 5.16. The molecule has 0 amide bonds. The highest BCUT2D eigenvalue weighted by atomic mass is 32.1. The molecule has 36 heavy (non-hydrogen) atoms. The van der Waals surface area contributed by atoms with Gasteiger partial charge >= 0.3 is 0 Å². The monoisotopic (exact) mass is 502 g/mol. The Hall–Kier alpha value is -3.56. The largest absolute Gasteiger partial charge is 0.468 e. The number of thiophene rings is 1. The number of aromatic amines is 1. The summed E-state index contributed by atoms with van der Waals surface area (Å²) in [5.74, 6) is 1.43. The van der Waals surface area contributed by atoms with Crippen LogP contribution in [0.2, 0.25) is 0 Å². The Morgan fingerprint density at radius 1 is 1.17 bits per heavy atom. The van der Waals surface area contributed by atoms with Gasteiger partial charge < -0.3 is 9.40 Å². The predicted molar refractivity (Wildman–Crippen MR) is 141 cm³/mol. The molecule has 5 aromatic rings. The first-order chi connectivity index (χ1) is 17.4. The van der Waals surface area contributed by atoms with Crippen LogP contribution in [-0.2, 0) is 18.6 Å². The number of nitrogens with one attached hydrogen (secondary N) is 1. The average molecular weight is 503 g/mol. The lowest BCUT2D eigenvalue weighted by molar-refractivity contribution is 0.170. The molecular weight excluding hydrogens is 472 g/mol. The molecule has 186 valence electrons. The number of H-pyrrole nitrogens is 1. The van der Waals surface area contributed by atoms with Gasteiger partial charge in [-0.15, -0.1) is 16.4 Å². The molecule has 9 heteroatoms. The molecule has 1 aromatic carbocycles. The quantitative estimate of drug-likeness (QED) is 0.290. The summed E-state index contributed by atoms with van der Waals surface area (Å²) in [5.41, 5.74) is 2.03. The molecule has 1 atom stereocenters. The Morgan fingerprint density at radius 3 is 2.75 bits per heavy atom. The zero-order chi connectivity index (χ0) is 25.3. The van der Waals surface area contributed by atoms with E-state index in [1.54, 1.807) is 17.6 Å². The molecule has 8 nitrogen and oxygen atoms in total. The molecule has 0 aliphatic heterocycles. The number of aryl methyl sites for hydroxylation is 1. The summed E-state index contributed by atoms with van der Waals surface area (Å²) in [5, 5.41) is 16.0. The Balaban J connectivity index is 1.73. The van der Waals surface area contributed by atoms with Crippen molar-refractivity contribution in [2.24, 2.45) is 0 Å². The maximum Gasteiger partial charge on any atom is 0.253 e. The first-order valence-electron chi connectivity index (χ1n) is 12.1. The van der Waals surface area contributed by atoms with Crippen LogP contribution in [0.25, 0.3) is 10.9 Å². The van der Waals surface area contributed by atoms with Gasteiger partial charge in [-0.05, 0) is 84.8 Å². The maximum absolute atomic E-state index is 13.6. The van der Waals surface area contributed by atoms with Crippen molar-refractivity contribution in [3.05, 3.63) is 98.1 Å². The van der Waals surface area contributed by atoms with E-state index in [0.29, 0.717) is 24.5 Å². The van der Waals surface area contributed by atoms with Gasteiger partial charge in [0.1, 0.15) is 11.8 Å². The van der Waals surface area contributed by atoms with Gasteiger partial charge in [0.2, 0.25) is 0 Å². The third kappa shape index (κ3) is 4.76. The number of hydrogen-bond donors (Lipinski definition) is 1. The number of tetrazole rings is 1. The highest BCUT2D eigenvalue weighted by molar-refractivity contribution is 7.09. The summed E-state index contributed by atoms with van der Waals surface area (Å²) in [4.78, 5) is 20.1. The molecule has 0 spiro atoms. The van der Waals surface area contributed by atoms with Crippen molar-refractivity contribution >= 4 is 22.2 Å². The van der Waals surface area contributed by atoms with Crippen molar-refractivity contribution in [3.63, 3.8) is 0 Å². The number of pyridine rings is 1. The van der Waals surface area contributed by atoms with E-state index in [4.69, 9.17) is 4.42 Å². The zero-order valence-corrected chi connectivity index (χ0v) is 21.7. The number of nitrogens with zero attached hydrogens (tertiary/aromatic N) is 5. The first kappa shape index (κ1) is 24.1. The average Bonchev–Trinajstić information content (AvgIpc) is 3.63. The predicted octanol–water partition coefficient (Wildman–Crippen LogP) is 5.41. The summed E-state index contributed by atoms with van der Waals surface area (Å²) in [6.07, 6.45) is 2.50. The number of rotatable bonds is 9. The molecule has 0 unspecified atom stereocenters. The van der Waals surface area contributed by atoms with Gasteiger partial charge in [-0.2, -0.15) is 0 Å². The zero-order valence-electron chi connectivity index (χ0n) is 20.9. The van der Waals surface area contributed by atoms with Crippen LogP contribution in [-0.4, -0.2) is 30.1 Å². The lowest BCUT2D eigenvalue weighted by Gasteiger charge is -2.33. The van der Waals surface area contributed by atoms with E-state index < -0.39 is 6.04 Å². The molecule has 0 fully saturated rings. The molecule has 0 bridgehead atoms. The van der Waals surface area contributed by atoms with Crippen molar-refractivity contribution in [2.75, 3.05) is 0 Å². The summed E-state index contributed by atoms with van der Waals surface area (Å²) < 4.78 is 7.60. The van der Waals surface area contributed by atoms with Gasteiger partial charge in [0, 0.05) is 22.5 Å². The molecule has 0 saturated carbocycles. The molecular formula is C27H30N6O2S. The van der Waals surface area contributed by atoms with Crippen LogP contribution in [0.1, 0.15) is 60.8 Å². The number of benzene rings is 1. The van der Waals surface area contributed by atoms with E-state index in [2.05, 4.69) is 63.7 Å². The van der Waals surface area contributed by atoms with Gasteiger partial charge in [-0.3, -0.25) is 9.69 Å². The summed E-state index contributed by atoms with van der Waals surface area (Å²) in [6, 6.07) is 15.5. The minimum atomic E-state index is -0.508. The Labute approximate surface area is 213 Å². The minimum absolute atomic E-state index is 0.157. The standard InChI is InChI=1S/C27H30N6O2S/c1-5-27(3,4)33-25(29-30-31-33)24(22-15-19-14-18(2)10-11-23(19)28-26(22)34)32(16-20-8-6-12-35-20)17-21-9-7-13-36-21/h6-15,24H,5,16-17H2,1-4H3,(H,28,34)/t24-/m1/s1. The molecule has 4 heterocycles. The lowest BCUT2D eigenvalue weighted by atomic mass is 9.98. The van der Waals surface area contributed by atoms with Crippen molar-refractivity contribution in [1.29, 1.82) is 0 Å². The van der Waals surface area contributed by atoms with Gasteiger partial charge in [0.25, 0.3) is 5.56 Å². The summed E-state index contributed by atoms with van der Waals surface area (Å²) >= 11 is 1.68. The third-order valence-electron chi connectivity index (χ3n) is 6.74. The van der Waals surface area contributed by atoms with Crippen LogP contribution in [0, 0.1) is 6.92 Å². The molecule has 0 aliphatic rings. The van der Waals surface area contributed by atoms with E-state index in [1.165, 1.54) is 4.88 Å². The molecule has 5 rings (SSSR count). The van der Waals surface area contributed by atoms with Crippen LogP contribution < -0.4 is 5.56 Å². The number of hydrogen-bond acceptors (Lipinski definition) is 7. The van der Waals surface area contributed by atoms with E-state index in [0.717, 1.165) is 28.6 Å². The molecule has 0 saturated heterocycles. The molecule has 4 aromatic heterocycles. The lowest BCUT2D eigenvalue weighted by Crippen LogP contribution is -2.37. The first-order valence-corrected chi connectivity index (χ1v) is 12.9. The topological polar surface area (TPSA) is 92.8 Å². The van der Waals surface area contributed by atoms with Crippen molar-refractivity contribution in [2.45, 2.75) is 58.8 Å². The highest BCUT2D eigenvalue weighted by Gasteiger charge is 2.35. The second-order valence-corrected chi connectivity index (χ2v) is 10.8. The van der Waals surface area contributed by atoms with Crippen LogP contribution >= 0.6 is 11.3 Å². The van der Waals surface area contributed by atoms with Gasteiger partial charge in [-0.25, -0.2) is 4.68 Å². The van der Waals surface area contributed by atoms with E-state index in [9.17, 15) is 4.79 Å². The fraction of sp³-hybridized carbons (Fsp3) is 0.333. The van der Waals surface area contributed by atoms with Crippen LogP contribution in [0.4, 0.5) is 0 Å². The molecule has 0 aliphatic carbocycles. The van der Waals surface area contributed by atoms with Crippen LogP contribution in [0.15, 0.2) is 69.4 Å². The van der Waals surface area contributed by atoms with E-state index in [-0.39, 0.29) is 11.1 Å². The minimum Gasteiger partial charge on any atom is -0.468 e. The normalized spacial score (nSPS) is 13.0. The van der Waals surface area contributed by atoms with Crippen LogP contribution in [0.3, 0.4) is 0 Å². The number of fused-ring (bicyclic) bond motifs is 1. The van der Waals surface area contributed by atoms with E-state index in [1.807, 2.05) is 48.0 Å². The number of furan rings is 1. The Morgan fingerprint density at radius 2 is 2.03 bits per heavy atom. The van der Waals surface area contributed by atoms with Crippen molar-refractivity contribution in [3.8, 4) is 0 Å². The van der Waals surface area contributed by atoms with Crippen LogP contribution in [0.5, 0.6) is 0 Å². The molecule has 1 N–H and O–H groups in total. The highest BCUT2D eigenvalue weighted by Crippen LogP contribution is 2.33. The van der Waals surface area contributed by atoms with E-state index >= 15 is 0 Å². The van der Waals surface area contributed by atoms with Crippen molar-refractivity contribution < 1.29 is 4.42 Å². The summed E-state index contributed by atoms with van der Waals surface area (Å²) in [7, 11) is 0. The van der Waals surface area contributed by atoms with Crippen molar-refractivity contribution in [1.82, 2.24) is 30.1 Å². The fourth-order valence-electron chi connectivity index (χ4n) is 4.43. The maximum atomic E-state index is 13.6. The SMILES string of the molecule is CCC(C)(C)n1nnnc1[C@@H](c1cc2cc(C)ccc2[nH]c1=O)N(Cc1ccco1)Cc1cccs1. The second kappa shape index (κ2) is 9.83. The van der Waals surface area contributed by atoms with Gasteiger partial charge in [-0.1, -0.05) is 24.6 Å².